The van der Waals surface area contributed by atoms with E-state index in [0.717, 1.165) is 0 Å². The highest BCUT2D eigenvalue weighted by Gasteiger charge is 2.34. The van der Waals surface area contributed by atoms with Crippen molar-refractivity contribution in [3.8, 4) is 0 Å². The van der Waals surface area contributed by atoms with E-state index in [1.54, 1.807) is 0 Å². The second kappa shape index (κ2) is 4.46. The van der Waals surface area contributed by atoms with Crippen LogP contribution in [0.4, 0.5) is 0 Å². The molecule has 0 heterocycles. The molecule has 66 valence electrons. The molecule has 0 saturated carbocycles. The Bertz CT molecular complexity index is 111. The summed E-state index contributed by atoms with van der Waals surface area (Å²) in [5, 5.41) is 35.4. The molecule has 0 aromatic carbocycles. The monoisotopic (exact) mass is 162 g/mol. The van der Waals surface area contributed by atoms with Crippen LogP contribution >= 0.6 is 0 Å². The molecule has 0 bridgehead atoms. The van der Waals surface area contributed by atoms with Gasteiger partial charge in [-0.1, -0.05) is 6.08 Å². The first-order valence-electron chi connectivity index (χ1n) is 3.30. The fourth-order valence-electron chi connectivity index (χ4n) is 0.681. The zero-order valence-electron chi connectivity index (χ0n) is 6.27. The summed E-state index contributed by atoms with van der Waals surface area (Å²) in [5.74, 6) is 0. The van der Waals surface area contributed by atoms with E-state index in [0.29, 0.717) is 0 Å². The van der Waals surface area contributed by atoms with E-state index in [-0.39, 0.29) is 0 Å². The van der Waals surface area contributed by atoms with Crippen LogP contribution in [-0.2, 0) is 0 Å². The molecule has 0 fully saturated rings. The zero-order chi connectivity index (χ0) is 8.91. The van der Waals surface area contributed by atoms with Crippen LogP contribution in [0.25, 0.3) is 0 Å². The Morgan fingerprint density at radius 2 is 1.55 bits per heavy atom. The van der Waals surface area contributed by atoms with Gasteiger partial charge < -0.3 is 20.4 Å². The van der Waals surface area contributed by atoms with Gasteiger partial charge in [-0.05, 0) is 0 Å². The minimum atomic E-state index is -1.26. The van der Waals surface area contributed by atoms with Crippen LogP contribution in [0.15, 0.2) is 12.7 Å². The molecule has 0 rings (SSSR count). The number of aliphatic hydroxyl groups is 4. The van der Waals surface area contributed by atoms with Crippen molar-refractivity contribution in [1.29, 1.82) is 0 Å². The van der Waals surface area contributed by atoms with Gasteiger partial charge in [0, 0.05) is 0 Å². The van der Waals surface area contributed by atoms with Gasteiger partial charge in [-0.2, -0.15) is 0 Å². The summed E-state index contributed by atoms with van der Waals surface area (Å²) in [6.07, 6.45) is 0.0744. The first kappa shape index (κ1) is 10.6. The molecule has 0 aromatic heterocycles. The van der Waals surface area contributed by atoms with Crippen LogP contribution < -0.4 is 0 Å². The molecule has 0 spiro atoms. The molecule has 4 N–H and O–H groups in total. The van der Waals surface area contributed by atoms with Crippen LogP contribution in [0, 0.1) is 5.41 Å². The zero-order valence-corrected chi connectivity index (χ0v) is 6.27. The van der Waals surface area contributed by atoms with Gasteiger partial charge in [-0.25, -0.2) is 0 Å². The fraction of sp³-hybridized carbons (Fsp3) is 0.714. The molecule has 11 heavy (non-hydrogen) atoms. The van der Waals surface area contributed by atoms with Gasteiger partial charge >= 0.3 is 0 Å². The van der Waals surface area contributed by atoms with Crippen LogP contribution in [0.5, 0.6) is 0 Å². The van der Waals surface area contributed by atoms with Crippen LogP contribution in [0.3, 0.4) is 0 Å². The summed E-state index contributed by atoms with van der Waals surface area (Å²) in [6.45, 7) is 1.85. The molecule has 4 heteroatoms. The lowest BCUT2D eigenvalue weighted by Gasteiger charge is -2.30. The normalized spacial score (nSPS) is 14.5. The standard InChI is InChI=1S/C7H14O4/c1-2-6(11)7(3-8,4-9)5-10/h2,6,8-11H,1,3-5H2. The second-order valence-corrected chi connectivity index (χ2v) is 2.52. The highest BCUT2D eigenvalue weighted by Crippen LogP contribution is 2.20. The van der Waals surface area contributed by atoms with Gasteiger partial charge in [0.05, 0.1) is 31.3 Å². The van der Waals surface area contributed by atoms with E-state index >= 15 is 0 Å². The van der Waals surface area contributed by atoms with E-state index in [1.165, 1.54) is 6.08 Å². The van der Waals surface area contributed by atoms with Crippen molar-refractivity contribution in [3.63, 3.8) is 0 Å². The smallest absolute Gasteiger partial charge is 0.0840 e. The highest BCUT2D eigenvalue weighted by atomic mass is 16.3. The van der Waals surface area contributed by atoms with E-state index in [1.807, 2.05) is 0 Å². The lowest BCUT2D eigenvalue weighted by molar-refractivity contribution is -0.0633. The molecule has 0 amide bonds. The quantitative estimate of drug-likeness (QED) is 0.371. The summed E-state index contributed by atoms with van der Waals surface area (Å²) in [7, 11) is 0. The molecular weight excluding hydrogens is 148 g/mol. The molecule has 0 aliphatic heterocycles. The van der Waals surface area contributed by atoms with Gasteiger partial charge in [-0.15, -0.1) is 6.58 Å². The summed E-state index contributed by atoms with van der Waals surface area (Å²) in [4.78, 5) is 0. The van der Waals surface area contributed by atoms with Crippen molar-refractivity contribution in [2.75, 3.05) is 19.8 Å². The predicted molar refractivity (Wildman–Crippen MR) is 39.9 cm³/mol. The molecular formula is C7H14O4. The van der Waals surface area contributed by atoms with Crippen molar-refractivity contribution in [2.24, 2.45) is 5.41 Å². The number of hydrogen-bond acceptors (Lipinski definition) is 4. The molecule has 0 radical (unpaired) electrons. The molecule has 4 nitrogen and oxygen atoms in total. The van der Waals surface area contributed by atoms with Crippen molar-refractivity contribution in [1.82, 2.24) is 0 Å². The predicted octanol–water partition coefficient (Wildman–Crippen LogP) is -1.50. The van der Waals surface area contributed by atoms with Crippen LogP contribution in [-0.4, -0.2) is 46.4 Å². The molecule has 0 aliphatic carbocycles. The maximum Gasteiger partial charge on any atom is 0.0840 e. The Labute approximate surface area is 65.4 Å². The van der Waals surface area contributed by atoms with Crippen LogP contribution in [0.2, 0.25) is 0 Å². The third kappa shape index (κ3) is 2.00. The largest absolute Gasteiger partial charge is 0.395 e. The summed E-state index contributed by atoms with van der Waals surface area (Å²) >= 11 is 0. The number of hydrogen-bond donors (Lipinski definition) is 4. The average molecular weight is 162 g/mol. The van der Waals surface area contributed by atoms with Crippen LogP contribution in [0.1, 0.15) is 0 Å². The van der Waals surface area contributed by atoms with Crippen molar-refractivity contribution in [3.05, 3.63) is 12.7 Å². The van der Waals surface area contributed by atoms with E-state index < -0.39 is 31.3 Å². The summed E-state index contributed by atoms with van der Waals surface area (Å²) in [5.41, 5.74) is -1.26. The average Bonchev–Trinajstić information content (AvgIpc) is 2.08. The maximum atomic E-state index is 9.17. The van der Waals surface area contributed by atoms with Crippen molar-refractivity contribution >= 4 is 0 Å². The first-order chi connectivity index (χ1) is 5.16. The second-order valence-electron chi connectivity index (χ2n) is 2.52. The van der Waals surface area contributed by atoms with Gasteiger partial charge in [0.25, 0.3) is 0 Å². The van der Waals surface area contributed by atoms with E-state index in [9.17, 15) is 5.11 Å². The fourth-order valence-corrected chi connectivity index (χ4v) is 0.681. The first-order valence-corrected chi connectivity index (χ1v) is 3.30. The van der Waals surface area contributed by atoms with E-state index in [2.05, 4.69) is 6.58 Å². The molecule has 0 aromatic rings. The SMILES string of the molecule is C=CC(O)C(CO)(CO)CO. The van der Waals surface area contributed by atoms with Gasteiger partial charge in [-0.3, -0.25) is 0 Å². The van der Waals surface area contributed by atoms with Gasteiger partial charge in [0.15, 0.2) is 0 Å². The Balaban J connectivity index is 4.38. The lowest BCUT2D eigenvalue weighted by Crippen LogP contribution is -2.44. The Kier molecular flexibility index (Phi) is 4.29. The topological polar surface area (TPSA) is 80.9 Å². The summed E-state index contributed by atoms with van der Waals surface area (Å²) < 4.78 is 0. The third-order valence-corrected chi connectivity index (χ3v) is 1.80. The Morgan fingerprint density at radius 3 is 1.64 bits per heavy atom. The minimum Gasteiger partial charge on any atom is -0.395 e. The number of aliphatic hydroxyl groups excluding tert-OH is 4. The Hall–Kier alpha value is -0.420. The van der Waals surface area contributed by atoms with E-state index in [4.69, 9.17) is 15.3 Å². The highest BCUT2D eigenvalue weighted by molar-refractivity contribution is 4.94. The van der Waals surface area contributed by atoms with Crippen molar-refractivity contribution in [2.45, 2.75) is 6.10 Å². The van der Waals surface area contributed by atoms with Gasteiger partial charge in [0.2, 0.25) is 0 Å². The molecule has 0 saturated heterocycles. The maximum absolute atomic E-state index is 9.17. The molecule has 1 atom stereocenters. The Morgan fingerprint density at radius 1 is 1.18 bits per heavy atom. The third-order valence-electron chi connectivity index (χ3n) is 1.80. The molecule has 1 unspecified atom stereocenters. The lowest BCUT2D eigenvalue weighted by atomic mass is 9.84. The molecule has 0 aliphatic rings. The van der Waals surface area contributed by atoms with Crippen molar-refractivity contribution < 1.29 is 20.4 Å². The van der Waals surface area contributed by atoms with Gasteiger partial charge in [0.1, 0.15) is 0 Å². The summed E-state index contributed by atoms with van der Waals surface area (Å²) in [6, 6.07) is 0. The number of rotatable bonds is 5. The minimum absolute atomic E-state index is 0.479.